The lowest BCUT2D eigenvalue weighted by molar-refractivity contribution is -0.112. The number of allylic oxidation sites excluding steroid dienone is 2. The molecule has 0 radical (unpaired) electrons. The van der Waals surface area contributed by atoms with Gasteiger partial charge in [-0.15, -0.1) is 0 Å². The Hall–Kier alpha value is -3.01. The fourth-order valence-corrected chi connectivity index (χ4v) is 3.73. The van der Waals surface area contributed by atoms with Gasteiger partial charge in [-0.25, -0.2) is 0 Å². The number of hydrogen-bond donors (Lipinski definition) is 1. The molecule has 0 amide bonds. The first-order chi connectivity index (χ1) is 14.0. The maximum Gasteiger partial charge on any atom is 0.185 e. The molecule has 2 aromatic rings. The van der Waals surface area contributed by atoms with Crippen LogP contribution in [-0.2, 0) is 4.79 Å². The van der Waals surface area contributed by atoms with Crippen LogP contribution in [0, 0.1) is 0 Å². The molecule has 152 valence electrons. The summed E-state index contributed by atoms with van der Waals surface area (Å²) >= 11 is 0. The summed E-state index contributed by atoms with van der Waals surface area (Å²) in [4.78, 5) is 15.3. The highest BCUT2D eigenvalue weighted by molar-refractivity contribution is 6.14. The number of ether oxygens (including phenoxy) is 1. The third-order valence-corrected chi connectivity index (χ3v) is 5.38. The molecule has 0 heterocycles. The van der Waals surface area contributed by atoms with Crippen LogP contribution in [0.25, 0.3) is 12.2 Å². The summed E-state index contributed by atoms with van der Waals surface area (Å²) in [6.45, 7) is 6.26. The maximum atomic E-state index is 13.0. The van der Waals surface area contributed by atoms with E-state index in [1.807, 2.05) is 12.2 Å². The minimum Gasteiger partial charge on any atom is -0.504 e. The van der Waals surface area contributed by atoms with Gasteiger partial charge in [0.1, 0.15) is 0 Å². The van der Waals surface area contributed by atoms with E-state index in [2.05, 4.69) is 43.0 Å². The Balaban J connectivity index is 1.82. The molecule has 29 heavy (non-hydrogen) atoms. The molecule has 0 unspecified atom stereocenters. The molecular formula is C25H29NO3. The molecule has 2 aromatic carbocycles. The average molecular weight is 392 g/mol. The van der Waals surface area contributed by atoms with Crippen LogP contribution < -0.4 is 9.64 Å². The number of nitrogens with zero attached hydrogens (tertiary/aromatic N) is 1. The van der Waals surface area contributed by atoms with E-state index in [4.69, 9.17) is 4.74 Å². The first-order valence-electron chi connectivity index (χ1n) is 10.2. The average Bonchev–Trinajstić information content (AvgIpc) is 2.74. The van der Waals surface area contributed by atoms with Crippen LogP contribution in [0.2, 0.25) is 0 Å². The van der Waals surface area contributed by atoms with E-state index in [0.29, 0.717) is 5.75 Å². The third kappa shape index (κ3) is 4.89. The molecule has 1 fully saturated rings. The van der Waals surface area contributed by atoms with E-state index in [-0.39, 0.29) is 11.5 Å². The van der Waals surface area contributed by atoms with Crippen LogP contribution in [0.1, 0.15) is 44.2 Å². The van der Waals surface area contributed by atoms with Crippen molar-refractivity contribution in [1.82, 2.24) is 0 Å². The van der Waals surface area contributed by atoms with E-state index in [9.17, 15) is 9.90 Å². The lowest BCUT2D eigenvalue weighted by Gasteiger charge is -2.21. The topological polar surface area (TPSA) is 49.8 Å². The highest BCUT2D eigenvalue weighted by Gasteiger charge is 2.20. The second kappa shape index (κ2) is 9.46. The summed E-state index contributed by atoms with van der Waals surface area (Å²) in [7, 11) is 1.52. The first-order valence-corrected chi connectivity index (χ1v) is 10.2. The van der Waals surface area contributed by atoms with Gasteiger partial charge in [-0.1, -0.05) is 18.2 Å². The summed E-state index contributed by atoms with van der Waals surface area (Å²) in [5, 5.41) is 9.76. The molecule has 3 rings (SSSR count). The smallest absolute Gasteiger partial charge is 0.185 e. The Bertz CT molecular complexity index is 922. The Morgan fingerprint density at radius 2 is 1.55 bits per heavy atom. The molecule has 1 aliphatic carbocycles. The molecule has 0 spiro atoms. The van der Waals surface area contributed by atoms with Crippen molar-refractivity contribution in [3.05, 3.63) is 64.7 Å². The molecule has 1 N–H and O–H groups in total. The minimum absolute atomic E-state index is 0.0957. The fraction of sp³-hybridized carbons (Fsp3) is 0.320. The molecule has 0 atom stereocenters. The van der Waals surface area contributed by atoms with Gasteiger partial charge in [-0.2, -0.15) is 0 Å². The van der Waals surface area contributed by atoms with Crippen LogP contribution in [-0.4, -0.2) is 31.1 Å². The van der Waals surface area contributed by atoms with Crippen molar-refractivity contribution in [2.45, 2.75) is 33.1 Å². The van der Waals surface area contributed by atoms with Crippen molar-refractivity contribution in [1.29, 1.82) is 0 Å². The van der Waals surface area contributed by atoms with Gasteiger partial charge in [0, 0.05) is 29.9 Å². The van der Waals surface area contributed by atoms with E-state index in [1.54, 1.807) is 18.2 Å². The Morgan fingerprint density at radius 1 is 0.966 bits per heavy atom. The van der Waals surface area contributed by atoms with Crippen molar-refractivity contribution >= 4 is 23.6 Å². The lowest BCUT2D eigenvalue weighted by Crippen LogP contribution is -2.21. The van der Waals surface area contributed by atoms with Crippen molar-refractivity contribution in [2.75, 3.05) is 25.1 Å². The minimum atomic E-state index is 0.0957. The number of phenolic OH excluding ortho intramolecular Hbond substituents is 1. The van der Waals surface area contributed by atoms with Gasteiger partial charge >= 0.3 is 0 Å². The van der Waals surface area contributed by atoms with E-state index >= 15 is 0 Å². The molecule has 4 nitrogen and oxygen atoms in total. The van der Waals surface area contributed by atoms with Crippen LogP contribution in [0.3, 0.4) is 0 Å². The molecule has 1 aliphatic rings. The highest BCUT2D eigenvalue weighted by Crippen LogP contribution is 2.31. The highest BCUT2D eigenvalue weighted by atomic mass is 16.5. The van der Waals surface area contributed by atoms with Crippen LogP contribution in [0.15, 0.2) is 53.6 Å². The van der Waals surface area contributed by atoms with Crippen molar-refractivity contribution in [2.24, 2.45) is 0 Å². The second-order valence-electron chi connectivity index (χ2n) is 7.22. The Labute approximate surface area is 173 Å². The van der Waals surface area contributed by atoms with E-state index in [1.165, 1.54) is 12.8 Å². The predicted octanol–water partition coefficient (Wildman–Crippen LogP) is 5.47. The summed E-state index contributed by atoms with van der Waals surface area (Å²) in [5.41, 5.74) is 4.76. The quantitative estimate of drug-likeness (QED) is 0.664. The van der Waals surface area contributed by atoms with Gasteiger partial charge in [0.25, 0.3) is 0 Å². The number of phenols is 1. The van der Waals surface area contributed by atoms with Crippen LogP contribution >= 0.6 is 0 Å². The number of Topliss-reactive ketones (excluding diaryl/α,β-unsaturated/α-hetero) is 1. The summed E-state index contributed by atoms with van der Waals surface area (Å²) < 4.78 is 5.17. The molecular weight excluding hydrogens is 362 g/mol. The third-order valence-electron chi connectivity index (χ3n) is 5.38. The normalized spacial score (nSPS) is 17.0. The molecule has 4 heteroatoms. The zero-order valence-corrected chi connectivity index (χ0v) is 17.4. The molecule has 0 aromatic heterocycles. The lowest BCUT2D eigenvalue weighted by atomic mass is 9.87. The van der Waals surface area contributed by atoms with Crippen molar-refractivity contribution in [3.63, 3.8) is 0 Å². The van der Waals surface area contributed by atoms with Gasteiger partial charge in [0.15, 0.2) is 17.3 Å². The standard InChI is InChI=1S/C25H29NO3/c1-4-26(5-2)22-12-9-18(10-13-22)15-20-7-6-8-21(25(20)28)16-19-11-14-23(27)24(17-19)29-3/h9-17,27H,4-8H2,1-3H3/b20-15+,21-16+. The number of anilines is 1. The number of carbonyl (C=O) groups excluding carboxylic acids is 1. The second-order valence-corrected chi connectivity index (χ2v) is 7.22. The number of carbonyl (C=O) groups is 1. The SMILES string of the molecule is CCN(CC)c1ccc(/C=C2\CCC/C(=C\c3ccc(O)c(OC)c3)C2=O)cc1. The largest absolute Gasteiger partial charge is 0.504 e. The van der Waals surface area contributed by atoms with E-state index < -0.39 is 0 Å². The Kier molecular flexibility index (Phi) is 6.76. The number of rotatable bonds is 6. The first kappa shape index (κ1) is 20.7. The van der Waals surface area contributed by atoms with Crippen LogP contribution in [0.5, 0.6) is 11.5 Å². The van der Waals surface area contributed by atoms with Crippen molar-refractivity contribution < 1.29 is 14.6 Å². The Morgan fingerprint density at radius 3 is 2.14 bits per heavy atom. The molecule has 1 saturated carbocycles. The van der Waals surface area contributed by atoms with Gasteiger partial charge in [0.2, 0.25) is 0 Å². The zero-order chi connectivity index (χ0) is 20.8. The maximum absolute atomic E-state index is 13.0. The zero-order valence-electron chi connectivity index (χ0n) is 17.4. The summed E-state index contributed by atoms with van der Waals surface area (Å²) in [6, 6.07) is 13.5. The van der Waals surface area contributed by atoms with Gasteiger partial charge < -0.3 is 14.7 Å². The number of methoxy groups -OCH3 is 1. The monoisotopic (exact) mass is 391 g/mol. The number of benzene rings is 2. The fourth-order valence-electron chi connectivity index (χ4n) is 3.73. The predicted molar refractivity (Wildman–Crippen MR) is 119 cm³/mol. The number of aromatic hydroxyl groups is 1. The molecule has 0 aliphatic heterocycles. The summed E-state index contributed by atoms with van der Waals surface area (Å²) in [6.07, 6.45) is 6.43. The molecule has 0 saturated heterocycles. The summed E-state index contributed by atoms with van der Waals surface area (Å²) in [5.74, 6) is 0.612. The number of hydrogen-bond acceptors (Lipinski definition) is 4. The van der Waals surface area contributed by atoms with Crippen molar-refractivity contribution in [3.8, 4) is 11.5 Å². The van der Waals surface area contributed by atoms with Gasteiger partial charge in [-0.3, -0.25) is 4.79 Å². The molecule has 0 bridgehead atoms. The van der Waals surface area contributed by atoms with Gasteiger partial charge in [-0.05, 0) is 80.7 Å². The van der Waals surface area contributed by atoms with Crippen LogP contribution in [0.4, 0.5) is 5.69 Å². The number of ketones is 1. The van der Waals surface area contributed by atoms with E-state index in [0.717, 1.165) is 54.6 Å². The van der Waals surface area contributed by atoms with Gasteiger partial charge in [0.05, 0.1) is 7.11 Å².